The van der Waals surface area contributed by atoms with Crippen LogP contribution in [-0.2, 0) is 23.7 Å². The molecule has 0 aliphatic carbocycles. The minimum Gasteiger partial charge on any atom is -0.457 e. The molecule has 9 nitrogen and oxygen atoms in total. The molecule has 1 saturated heterocycles. The normalized spacial score (nSPS) is 21.2. The second kappa shape index (κ2) is 37.7. The van der Waals surface area contributed by atoms with Gasteiger partial charge in [-0.3, -0.25) is 4.79 Å². The second-order valence-electron chi connectivity index (χ2n) is 15.1. The predicted octanol–water partition coefficient (Wildman–Crippen LogP) is 9.75. The number of ether oxygens (including phenoxy) is 4. The van der Waals surface area contributed by atoms with Crippen molar-refractivity contribution in [1.82, 2.24) is 0 Å². The van der Waals surface area contributed by atoms with Gasteiger partial charge in [0.2, 0.25) is 0 Å². The van der Waals surface area contributed by atoms with Crippen LogP contribution in [0.25, 0.3) is 0 Å². The number of carbonyl (C=O) groups is 1. The fourth-order valence-electron chi connectivity index (χ4n) is 6.54. The van der Waals surface area contributed by atoms with E-state index >= 15 is 0 Å². The molecule has 0 aromatic carbocycles. The maximum Gasteiger partial charge on any atom is 0.306 e. The summed E-state index contributed by atoms with van der Waals surface area (Å²) >= 11 is 0. The summed E-state index contributed by atoms with van der Waals surface area (Å²) in [4.78, 5) is 12.7. The lowest BCUT2D eigenvalue weighted by Gasteiger charge is -2.39. The molecule has 1 aliphatic rings. The van der Waals surface area contributed by atoms with Crippen LogP contribution in [-0.4, -0.2) is 89.6 Å². The van der Waals surface area contributed by atoms with Crippen molar-refractivity contribution in [3.05, 3.63) is 48.6 Å². The first-order chi connectivity index (χ1) is 26.9. The minimum absolute atomic E-state index is 0.117. The molecule has 55 heavy (non-hydrogen) atoms. The summed E-state index contributed by atoms with van der Waals surface area (Å²) < 4.78 is 22.8. The molecule has 0 aromatic heterocycles. The van der Waals surface area contributed by atoms with Gasteiger partial charge >= 0.3 is 5.97 Å². The second-order valence-corrected chi connectivity index (χ2v) is 15.1. The van der Waals surface area contributed by atoms with E-state index < -0.39 is 43.4 Å². The predicted molar refractivity (Wildman–Crippen MR) is 224 cm³/mol. The molecule has 0 radical (unpaired) electrons. The van der Waals surface area contributed by atoms with Crippen molar-refractivity contribution in [2.24, 2.45) is 0 Å². The van der Waals surface area contributed by atoms with Crippen molar-refractivity contribution in [3.63, 3.8) is 0 Å². The Hall–Kier alpha value is -1.85. The van der Waals surface area contributed by atoms with Crippen LogP contribution in [0.2, 0.25) is 0 Å². The van der Waals surface area contributed by atoms with Gasteiger partial charge in [0.1, 0.15) is 30.5 Å². The van der Waals surface area contributed by atoms with E-state index in [-0.39, 0.29) is 19.2 Å². The molecule has 0 amide bonds. The molecule has 0 spiro atoms. The van der Waals surface area contributed by atoms with E-state index in [1.807, 2.05) is 0 Å². The summed E-state index contributed by atoms with van der Waals surface area (Å²) in [6.45, 7) is 4.42. The summed E-state index contributed by atoms with van der Waals surface area (Å²) in [5.74, 6) is -0.319. The van der Waals surface area contributed by atoms with Crippen molar-refractivity contribution in [3.8, 4) is 0 Å². The number of carbonyl (C=O) groups excluding carboxylic acids is 1. The first kappa shape index (κ1) is 51.2. The largest absolute Gasteiger partial charge is 0.457 e. The third-order valence-electron chi connectivity index (χ3n) is 10.0. The maximum absolute atomic E-state index is 12.7. The Labute approximate surface area is 335 Å². The molecule has 6 atom stereocenters. The SMILES string of the molecule is CC/C=C\C/C=C\C/C=C\C/C=C\CCCCCCCCCOCC(COC1OC(CO)C(O)C(O)C1O)OC(=O)CCCCCCCCCCCCCC. The molecule has 1 aliphatic heterocycles. The quantitative estimate of drug-likeness (QED) is 0.0276. The highest BCUT2D eigenvalue weighted by molar-refractivity contribution is 5.69. The Kier molecular flexibility index (Phi) is 35.1. The van der Waals surface area contributed by atoms with Crippen LogP contribution < -0.4 is 0 Å². The van der Waals surface area contributed by atoms with E-state index in [0.717, 1.165) is 70.6 Å². The van der Waals surface area contributed by atoms with Crippen molar-refractivity contribution in [1.29, 1.82) is 0 Å². The number of unbranched alkanes of at least 4 members (excludes halogenated alkanes) is 18. The lowest BCUT2D eigenvalue weighted by Crippen LogP contribution is -2.59. The summed E-state index contributed by atoms with van der Waals surface area (Å²) in [5, 5.41) is 40.1. The number of hydrogen-bond acceptors (Lipinski definition) is 9. The standard InChI is InChI=1S/C46H82O9/c1-3-5-7-9-11-13-15-17-18-19-20-21-22-23-24-26-28-30-32-34-36-52-38-40(39-53-46-45(51)44(50)43(49)41(37-47)55-46)54-42(48)35-33-31-29-27-25-16-14-12-10-8-6-4-2/h5,7,11,13,17-18,20-21,40-41,43-47,49-51H,3-4,6,8-10,12,14-16,19,22-39H2,1-2H3/b7-5-,13-11-,18-17-,21-20-. The van der Waals surface area contributed by atoms with Crippen LogP contribution in [0.4, 0.5) is 0 Å². The minimum atomic E-state index is -1.54. The fourth-order valence-corrected chi connectivity index (χ4v) is 6.54. The molecular formula is C46H82O9. The molecule has 1 heterocycles. The third-order valence-corrected chi connectivity index (χ3v) is 10.0. The molecule has 0 bridgehead atoms. The van der Waals surface area contributed by atoms with Crippen molar-refractivity contribution in [2.45, 2.75) is 211 Å². The van der Waals surface area contributed by atoms with Gasteiger partial charge in [-0.05, 0) is 51.4 Å². The Balaban J connectivity index is 2.26. The van der Waals surface area contributed by atoms with Gasteiger partial charge < -0.3 is 39.4 Å². The Bertz CT molecular complexity index is 978. The third kappa shape index (κ3) is 29.1. The fraction of sp³-hybridized carbons (Fsp3) is 0.804. The van der Waals surface area contributed by atoms with E-state index in [2.05, 4.69) is 62.5 Å². The summed E-state index contributed by atoms with van der Waals surface area (Å²) in [5.41, 5.74) is 0. The Morgan fingerprint density at radius 3 is 1.67 bits per heavy atom. The Morgan fingerprint density at radius 1 is 0.600 bits per heavy atom. The molecule has 9 heteroatoms. The van der Waals surface area contributed by atoms with Gasteiger partial charge in [-0.2, -0.15) is 0 Å². The van der Waals surface area contributed by atoms with Crippen LogP contribution in [0, 0.1) is 0 Å². The molecule has 0 saturated carbocycles. The molecule has 1 fully saturated rings. The zero-order valence-corrected chi connectivity index (χ0v) is 34.9. The van der Waals surface area contributed by atoms with Gasteiger partial charge in [-0.1, -0.05) is 165 Å². The Morgan fingerprint density at radius 2 is 1.11 bits per heavy atom. The number of allylic oxidation sites excluding steroid dienone is 8. The van der Waals surface area contributed by atoms with Crippen LogP contribution in [0.5, 0.6) is 0 Å². The average Bonchev–Trinajstić information content (AvgIpc) is 3.18. The zero-order chi connectivity index (χ0) is 40.0. The van der Waals surface area contributed by atoms with Gasteiger partial charge in [0.25, 0.3) is 0 Å². The van der Waals surface area contributed by atoms with Crippen LogP contribution in [0.1, 0.15) is 174 Å². The molecule has 1 rings (SSSR count). The molecule has 4 N–H and O–H groups in total. The average molecular weight is 779 g/mol. The highest BCUT2D eigenvalue weighted by atomic mass is 16.7. The molecule has 6 unspecified atom stereocenters. The van der Waals surface area contributed by atoms with Crippen molar-refractivity contribution >= 4 is 5.97 Å². The smallest absolute Gasteiger partial charge is 0.306 e. The first-order valence-corrected chi connectivity index (χ1v) is 22.2. The van der Waals surface area contributed by atoms with Crippen molar-refractivity contribution in [2.75, 3.05) is 26.4 Å². The topological polar surface area (TPSA) is 135 Å². The van der Waals surface area contributed by atoms with Gasteiger partial charge in [0.15, 0.2) is 6.29 Å². The molecule has 0 aromatic rings. The lowest BCUT2D eigenvalue weighted by atomic mass is 9.99. The lowest BCUT2D eigenvalue weighted by molar-refractivity contribution is -0.305. The number of aliphatic hydroxyl groups is 4. The van der Waals surface area contributed by atoms with Crippen LogP contribution >= 0.6 is 0 Å². The van der Waals surface area contributed by atoms with Gasteiger partial charge in [-0.15, -0.1) is 0 Å². The monoisotopic (exact) mass is 779 g/mol. The van der Waals surface area contributed by atoms with Gasteiger partial charge in [0, 0.05) is 13.0 Å². The first-order valence-electron chi connectivity index (χ1n) is 22.2. The number of aliphatic hydroxyl groups excluding tert-OH is 4. The van der Waals surface area contributed by atoms with Gasteiger partial charge in [-0.25, -0.2) is 0 Å². The number of rotatable bonds is 37. The highest BCUT2D eigenvalue weighted by Crippen LogP contribution is 2.22. The van der Waals surface area contributed by atoms with E-state index in [9.17, 15) is 25.2 Å². The van der Waals surface area contributed by atoms with E-state index in [1.165, 1.54) is 83.5 Å². The molecular weight excluding hydrogens is 696 g/mol. The zero-order valence-electron chi connectivity index (χ0n) is 34.9. The van der Waals surface area contributed by atoms with Crippen LogP contribution in [0.15, 0.2) is 48.6 Å². The summed E-state index contributed by atoms with van der Waals surface area (Å²) in [6, 6.07) is 0. The van der Waals surface area contributed by atoms with E-state index in [0.29, 0.717) is 13.0 Å². The van der Waals surface area contributed by atoms with Crippen molar-refractivity contribution < 1.29 is 44.2 Å². The summed E-state index contributed by atoms with van der Waals surface area (Å²) in [7, 11) is 0. The maximum atomic E-state index is 12.7. The van der Waals surface area contributed by atoms with E-state index in [1.54, 1.807) is 0 Å². The molecule has 320 valence electrons. The van der Waals surface area contributed by atoms with E-state index in [4.69, 9.17) is 18.9 Å². The highest BCUT2D eigenvalue weighted by Gasteiger charge is 2.44. The van der Waals surface area contributed by atoms with Crippen LogP contribution in [0.3, 0.4) is 0 Å². The number of esters is 1. The number of hydrogen-bond donors (Lipinski definition) is 4. The van der Waals surface area contributed by atoms with Gasteiger partial charge in [0.05, 0.1) is 19.8 Å². The summed E-state index contributed by atoms with van der Waals surface area (Å²) in [6.07, 6.45) is 38.5.